The molecule has 10 heteroatoms. The van der Waals surface area contributed by atoms with Crippen molar-refractivity contribution in [3.63, 3.8) is 0 Å². The van der Waals surface area contributed by atoms with Crippen LogP contribution in [0.3, 0.4) is 0 Å². The first kappa shape index (κ1) is 18.8. The van der Waals surface area contributed by atoms with E-state index in [0.29, 0.717) is 0 Å². The van der Waals surface area contributed by atoms with Gasteiger partial charge in [-0.3, -0.25) is 0 Å². The van der Waals surface area contributed by atoms with Gasteiger partial charge >= 0.3 is 19.2 Å². The lowest BCUT2D eigenvalue weighted by atomic mass is 9.98. The minimum Gasteiger partial charge on any atom is -0.435 e. The second-order valence-electron chi connectivity index (χ2n) is 4.63. The van der Waals surface area contributed by atoms with Gasteiger partial charge in [-0.15, -0.1) is 13.2 Å². The van der Waals surface area contributed by atoms with Crippen LogP contribution in [0.15, 0.2) is 42.5 Å². The van der Waals surface area contributed by atoms with Crippen molar-refractivity contribution in [1.29, 1.82) is 0 Å². The molecular formula is C15H8F8O2. The van der Waals surface area contributed by atoms with E-state index in [0.717, 1.165) is 30.3 Å². The lowest BCUT2D eigenvalue weighted by Crippen LogP contribution is -2.18. The maximum atomic E-state index is 13.2. The largest absolute Gasteiger partial charge is 0.573 e. The van der Waals surface area contributed by atoms with E-state index in [1.807, 2.05) is 0 Å². The molecule has 2 aromatic carbocycles. The predicted octanol–water partition coefficient (Wildman–Crippen LogP) is 5.87. The Kier molecular flexibility index (Phi) is 5.09. The summed E-state index contributed by atoms with van der Waals surface area (Å²) in [5.41, 5.74) is -2.62. The molecule has 0 heterocycles. The molecule has 0 saturated heterocycles. The maximum absolute atomic E-state index is 13.2. The summed E-state index contributed by atoms with van der Waals surface area (Å²) in [6, 6.07) is 5.99. The number of hydrogen-bond donors (Lipinski definition) is 0. The minimum absolute atomic E-state index is 0.284. The molecule has 2 aromatic rings. The SMILES string of the molecule is FC(F)Oc1ccc(-c2ccccc2OC(F)(F)F)c(C(F)(F)F)c1. The molecule has 25 heavy (non-hydrogen) atoms. The van der Waals surface area contributed by atoms with Crippen molar-refractivity contribution in [2.45, 2.75) is 19.2 Å². The van der Waals surface area contributed by atoms with Crippen molar-refractivity contribution in [1.82, 2.24) is 0 Å². The van der Waals surface area contributed by atoms with Crippen LogP contribution in [-0.4, -0.2) is 13.0 Å². The lowest BCUT2D eigenvalue weighted by Gasteiger charge is -2.18. The number of hydrogen-bond acceptors (Lipinski definition) is 2. The smallest absolute Gasteiger partial charge is 0.435 e. The highest BCUT2D eigenvalue weighted by Gasteiger charge is 2.37. The maximum Gasteiger partial charge on any atom is 0.573 e. The second-order valence-corrected chi connectivity index (χ2v) is 4.63. The van der Waals surface area contributed by atoms with E-state index in [2.05, 4.69) is 9.47 Å². The molecule has 0 aliphatic carbocycles. The molecule has 0 unspecified atom stereocenters. The molecule has 0 aliphatic rings. The standard InChI is InChI=1S/C15H8F8O2/c16-13(17)24-8-5-6-9(11(7-8)14(18,19)20)10-3-1-2-4-12(10)25-15(21,22)23/h1-7,13H. The molecule has 2 nitrogen and oxygen atoms in total. The molecule has 0 aliphatic heterocycles. The summed E-state index contributed by atoms with van der Waals surface area (Å²) in [4.78, 5) is 0. The molecule has 0 spiro atoms. The third kappa shape index (κ3) is 4.97. The van der Waals surface area contributed by atoms with Crippen molar-refractivity contribution in [2.75, 3.05) is 0 Å². The van der Waals surface area contributed by atoms with Gasteiger partial charge in [-0.1, -0.05) is 18.2 Å². The number of para-hydroxylation sites is 1. The van der Waals surface area contributed by atoms with Gasteiger partial charge in [0.1, 0.15) is 11.5 Å². The van der Waals surface area contributed by atoms with Crippen molar-refractivity contribution in [3.8, 4) is 22.6 Å². The van der Waals surface area contributed by atoms with Crippen LogP contribution in [0.2, 0.25) is 0 Å². The Hall–Kier alpha value is -2.52. The van der Waals surface area contributed by atoms with E-state index in [-0.39, 0.29) is 6.07 Å². The molecule has 0 atom stereocenters. The Morgan fingerprint density at radius 1 is 0.800 bits per heavy atom. The monoisotopic (exact) mass is 372 g/mol. The van der Waals surface area contributed by atoms with Crippen LogP contribution in [0.1, 0.15) is 5.56 Å². The zero-order valence-electron chi connectivity index (χ0n) is 12.0. The van der Waals surface area contributed by atoms with Gasteiger partial charge in [0.25, 0.3) is 0 Å². The van der Waals surface area contributed by atoms with Gasteiger partial charge in [0.2, 0.25) is 0 Å². The molecule has 0 aromatic heterocycles. The van der Waals surface area contributed by atoms with Crippen LogP contribution in [0, 0.1) is 0 Å². The van der Waals surface area contributed by atoms with E-state index < -0.39 is 47.3 Å². The summed E-state index contributed by atoms with van der Waals surface area (Å²) in [7, 11) is 0. The van der Waals surface area contributed by atoms with Gasteiger partial charge in [-0.25, -0.2) is 0 Å². The van der Waals surface area contributed by atoms with Gasteiger partial charge in [-0.2, -0.15) is 22.0 Å². The fourth-order valence-corrected chi connectivity index (χ4v) is 2.07. The molecule has 0 fully saturated rings. The van der Waals surface area contributed by atoms with Crippen molar-refractivity contribution >= 4 is 0 Å². The van der Waals surface area contributed by atoms with E-state index in [1.54, 1.807) is 0 Å². The molecule has 0 N–H and O–H groups in total. The van der Waals surface area contributed by atoms with Gasteiger partial charge in [0, 0.05) is 5.56 Å². The highest BCUT2D eigenvalue weighted by molar-refractivity contribution is 5.74. The highest BCUT2D eigenvalue weighted by atomic mass is 19.4. The van der Waals surface area contributed by atoms with Gasteiger partial charge < -0.3 is 9.47 Å². The zero-order chi connectivity index (χ0) is 18.8. The first-order valence-corrected chi connectivity index (χ1v) is 6.48. The first-order valence-electron chi connectivity index (χ1n) is 6.48. The van der Waals surface area contributed by atoms with E-state index in [9.17, 15) is 35.1 Å². The molecule has 0 saturated carbocycles. The third-order valence-corrected chi connectivity index (χ3v) is 2.92. The Balaban J connectivity index is 2.59. The Labute approximate surface area is 135 Å². The average molecular weight is 372 g/mol. The van der Waals surface area contributed by atoms with Gasteiger partial charge in [0.05, 0.1) is 5.56 Å². The number of benzene rings is 2. The zero-order valence-corrected chi connectivity index (χ0v) is 12.0. The number of alkyl halides is 8. The fraction of sp³-hybridized carbons (Fsp3) is 0.200. The van der Waals surface area contributed by atoms with Crippen LogP contribution in [0.4, 0.5) is 35.1 Å². The van der Waals surface area contributed by atoms with Gasteiger partial charge in [0.15, 0.2) is 0 Å². The van der Waals surface area contributed by atoms with Crippen LogP contribution in [0.5, 0.6) is 11.5 Å². The molecule has 2 rings (SSSR count). The second kappa shape index (κ2) is 6.77. The van der Waals surface area contributed by atoms with Crippen molar-refractivity contribution in [2.24, 2.45) is 0 Å². The summed E-state index contributed by atoms with van der Waals surface area (Å²) in [6.07, 6.45) is -10.1. The van der Waals surface area contributed by atoms with Crippen LogP contribution >= 0.6 is 0 Å². The van der Waals surface area contributed by atoms with E-state index in [4.69, 9.17) is 0 Å². The van der Waals surface area contributed by atoms with Crippen molar-refractivity contribution < 1.29 is 44.6 Å². The molecule has 0 bridgehead atoms. The highest BCUT2D eigenvalue weighted by Crippen LogP contribution is 2.43. The third-order valence-electron chi connectivity index (χ3n) is 2.92. The quantitative estimate of drug-likeness (QED) is 0.625. The van der Waals surface area contributed by atoms with Gasteiger partial charge in [-0.05, 0) is 29.8 Å². The normalized spacial score (nSPS) is 12.4. The van der Waals surface area contributed by atoms with Crippen LogP contribution < -0.4 is 9.47 Å². The Morgan fingerprint density at radius 2 is 1.44 bits per heavy atom. The number of rotatable bonds is 4. The predicted molar refractivity (Wildman–Crippen MR) is 70.2 cm³/mol. The van der Waals surface area contributed by atoms with E-state index in [1.165, 1.54) is 6.07 Å². The molecular weight excluding hydrogens is 364 g/mol. The number of halogens is 8. The summed E-state index contributed by atoms with van der Waals surface area (Å²) in [6.45, 7) is -3.35. The van der Waals surface area contributed by atoms with Crippen LogP contribution in [-0.2, 0) is 6.18 Å². The summed E-state index contributed by atoms with van der Waals surface area (Å²) < 4.78 is 109. The molecule has 0 amide bonds. The Bertz CT molecular complexity index is 737. The minimum atomic E-state index is -5.12. The fourth-order valence-electron chi connectivity index (χ4n) is 2.07. The average Bonchev–Trinajstić information content (AvgIpc) is 2.45. The molecule has 136 valence electrons. The first-order chi connectivity index (χ1) is 11.5. The molecule has 0 radical (unpaired) electrons. The summed E-state index contributed by atoms with van der Waals surface area (Å²) in [5, 5.41) is 0. The van der Waals surface area contributed by atoms with Crippen molar-refractivity contribution in [3.05, 3.63) is 48.0 Å². The van der Waals surface area contributed by atoms with Crippen LogP contribution in [0.25, 0.3) is 11.1 Å². The lowest BCUT2D eigenvalue weighted by molar-refractivity contribution is -0.274. The van der Waals surface area contributed by atoms with E-state index >= 15 is 0 Å². The number of ether oxygens (including phenoxy) is 2. The topological polar surface area (TPSA) is 18.5 Å². The Morgan fingerprint density at radius 3 is 2.00 bits per heavy atom. The summed E-state index contributed by atoms with van der Waals surface area (Å²) in [5.74, 6) is -1.64. The summed E-state index contributed by atoms with van der Waals surface area (Å²) >= 11 is 0.